The number of hydrogen-bond acceptors (Lipinski definition) is 4. The summed E-state index contributed by atoms with van der Waals surface area (Å²) < 4.78 is 0. The lowest BCUT2D eigenvalue weighted by molar-refractivity contribution is 0.755. The SMILES string of the molecule is c1ccc(-c2nc(-c3ccc(-c4cccc5c4-c4ccccc4C5(c4ccccc4)c4ccccc4)cc3)cc(-c3ccc4c(c3)C3c5ccccc5C4c4cc(-c5cc(-c6ccc(-c7cccc8c7-c7ccccc7C8(c7ccccc7)c7ccccc7)cc6)nc(-c6ccccc6)n5)ccc43)n2)cc1. The first-order valence-corrected chi connectivity index (χ1v) is 36.7. The van der Waals surface area contributed by atoms with Gasteiger partial charge in [-0.1, -0.05) is 364 Å². The molecule has 0 amide bonds. The van der Waals surface area contributed by atoms with E-state index in [0.717, 1.165) is 67.3 Å². The summed E-state index contributed by atoms with van der Waals surface area (Å²) in [5, 5.41) is 0. The van der Waals surface area contributed by atoms with E-state index < -0.39 is 10.8 Å². The van der Waals surface area contributed by atoms with Crippen LogP contribution in [0.15, 0.2) is 388 Å². The first-order chi connectivity index (χ1) is 52.6. The fraction of sp³-hybridized carbons (Fsp3) is 0.0392. The van der Waals surface area contributed by atoms with E-state index in [1.165, 1.54) is 111 Å². The molecule has 0 radical (unpaired) electrons. The molecule has 5 aliphatic carbocycles. The molecule has 2 unspecified atom stereocenters. The monoisotopic (exact) mass is 1350 g/mol. The molecule has 0 N–H and O–H groups in total. The minimum atomic E-state index is -0.486. The van der Waals surface area contributed by atoms with Crippen LogP contribution in [0.2, 0.25) is 0 Å². The van der Waals surface area contributed by atoms with Crippen LogP contribution >= 0.6 is 0 Å². The van der Waals surface area contributed by atoms with Crippen molar-refractivity contribution in [3.63, 3.8) is 0 Å². The van der Waals surface area contributed by atoms with Crippen molar-refractivity contribution < 1.29 is 0 Å². The van der Waals surface area contributed by atoms with Crippen LogP contribution in [0.4, 0.5) is 0 Å². The zero-order chi connectivity index (χ0) is 69.9. The van der Waals surface area contributed by atoms with Gasteiger partial charge in [0.25, 0.3) is 0 Å². The highest BCUT2D eigenvalue weighted by Gasteiger charge is 2.49. The van der Waals surface area contributed by atoms with E-state index in [0.29, 0.717) is 11.6 Å². The zero-order valence-corrected chi connectivity index (χ0v) is 57.9. The summed E-state index contributed by atoms with van der Waals surface area (Å²) in [6, 6.07) is 142. The molecule has 17 aromatic rings. The van der Waals surface area contributed by atoms with Crippen LogP contribution in [0.1, 0.15) is 89.7 Å². The van der Waals surface area contributed by atoms with Crippen molar-refractivity contribution in [1.29, 1.82) is 0 Å². The quantitative estimate of drug-likeness (QED) is 0.122. The van der Waals surface area contributed by atoms with Crippen LogP contribution in [-0.4, -0.2) is 19.9 Å². The molecule has 106 heavy (non-hydrogen) atoms. The summed E-state index contributed by atoms with van der Waals surface area (Å²) in [6.45, 7) is 0. The van der Waals surface area contributed by atoms with Crippen molar-refractivity contribution in [2.75, 3.05) is 0 Å². The Hall–Kier alpha value is -13.5. The number of hydrogen-bond donors (Lipinski definition) is 0. The van der Waals surface area contributed by atoms with Gasteiger partial charge < -0.3 is 0 Å². The van der Waals surface area contributed by atoms with E-state index in [2.05, 4.69) is 388 Å². The summed E-state index contributed by atoms with van der Waals surface area (Å²) in [7, 11) is 0. The van der Waals surface area contributed by atoms with E-state index in [1.807, 2.05) is 0 Å². The predicted octanol–water partition coefficient (Wildman–Crippen LogP) is 24.3. The van der Waals surface area contributed by atoms with Gasteiger partial charge in [0.2, 0.25) is 0 Å². The molecule has 0 saturated heterocycles. The van der Waals surface area contributed by atoms with Crippen molar-refractivity contribution in [2.45, 2.75) is 22.7 Å². The average molecular weight is 1350 g/mol. The van der Waals surface area contributed by atoms with Gasteiger partial charge in [-0.15, -0.1) is 0 Å². The first kappa shape index (κ1) is 61.2. The normalized spacial score (nSPS) is 14.8. The van der Waals surface area contributed by atoms with Crippen molar-refractivity contribution in [3.05, 3.63) is 466 Å². The molecule has 4 heteroatoms. The van der Waals surface area contributed by atoms with E-state index in [9.17, 15) is 0 Å². The summed E-state index contributed by atoms with van der Waals surface area (Å²) in [6.07, 6.45) is 0. The first-order valence-electron chi connectivity index (χ1n) is 36.7. The van der Waals surface area contributed by atoms with Crippen molar-refractivity contribution >= 4 is 0 Å². The highest BCUT2D eigenvalue weighted by atomic mass is 14.9. The van der Waals surface area contributed by atoms with E-state index in [1.54, 1.807) is 0 Å². The molecule has 0 fully saturated rings. The van der Waals surface area contributed by atoms with Gasteiger partial charge in [-0.05, 0) is 147 Å². The average Bonchev–Trinajstić information content (AvgIpc) is 1.42. The Bertz CT molecular complexity index is 5830. The van der Waals surface area contributed by atoms with E-state index in [4.69, 9.17) is 19.9 Å². The molecule has 2 aromatic heterocycles. The van der Waals surface area contributed by atoms with E-state index >= 15 is 0 Å². The number of rotatable bonds is 12. The Kier molecular flexibility index (Phi) is 14.2. The molecular weight excluding hydrogens is 1280 g/mol. The van der Waals surface area contributed by atoms with Crippen molar-refractivity contribution in [2.24, 2.45) is 0 Å². The number of nitrogens with zero attached hydrogens (tertiary/aromatic N) is 4. The maximum Gasteiger partial charge on any atom is 0.160 e. The van der Waals surface area contributed by atoms with Gasteiger partial charge in [-0.3, -0.25) is 0 Å². The Morgan fingerprint density at radius 3 is 0.821 bits per heavy atom. The standard InChI is InChI=1S/C102H66N4/c1-7-27-69(28-8-1)99-103-91(67-53-49-65(50-54-67)77-43-25-47-89-97(77)83-41-21-23-45-87(83)101(89,73-31-11-3-12-32-73)74-33-13-4-14-34-74)63-93(105-99)71-57-59-81-85(61-71)95-79-39-19-20-40-80(79)96(81)86-62-72(58-60-82(86)95)94-64-92(104-100(106-94)70-29-9-2-10-30-70)68-55-51-66(52-56-68)78-44-26-48-90-98(78)84-42-22-24-46-88(84)102(90,75-35-15-5-16-36-75)76-37-17-6-18-38-76/h1-64,95-96H. The third-order valence-electron chi connectivity index (χ3n) is 23.1. The third-order valence-corrected chi connectivity index (χ3v) is 23.1. The smallest absolute Gasteiger partial charge is 0.160 e. The van der Waals surface area contributed by atoms with Crippen LogP contribution < -0.4 is 0 Å². The number of fused-ring (bicyclic) bond motifs is 6. The van der Waals surface area contributed by atoms with E-state index in [-0.39, 0.29) is 11.8 Å². The molecule has 5 aliphatic rings. The minimum absolute atomic E-state index is 0.00589. The highest BCUT2D eigenvalue weighted by Crippen LogP contribution is 2.61. The maximum absolute atomic E-state index is 5.43. The molecule has 15 aromatic carbocycles. The third kappa shape index (κ3) is 9.40. The molecule has 0 spiro atoms. The van der Waals surface area contributed by atoms with Crippen LogP contribution in [0.3, 0.4) is 0 Å². The predicted molar refractivity (Wildman–Crippen MR) is 430 cm³/mol. The lowest BCUT2D eigenvalue weighted by Crippen LogP contribution is -2.28. The second kappa shape index (κ2) is 24.6. The topological polar surface area (TPSA) is 51.6 Å². The fourth-order valence-corrected chi connectivity index (χ4v) is 18.6. The Morgan fingerprint density at radius 1 is 0.179 bits per heavy atom. The van der Waals surface area contributed by atoms with Gasteiger partial charge in [0, 0.05) is 45.2 Å². The molecule has 0 saturated carbocycles. The molecule has 2 heterocycles. The molecule has 494 valence electrons. The zero-order valence-electron chi connectivity index (χ0n) is 57.9. The largest absolute Gasteiger partial charge is 0.228 e. The van der Waals surface area contributed by atoms with Gasteiger partial charge in [0.1, 0.15) is 0 Å². The molecule has 2 atom stereocenters. The minimum Gasteiger partial charge on any atom is -0.228 e. The Labute approximate surface area is 617 Å². The lowest BCUT2D eigenvalue weighted by Gasteiger charge is -2.42. The maximum atomic E-state index is 5.43. The summed E-state index contributed by atoms with van der Waals surface area (Å²) in [5.74, 6) is 1.39. The lowest BCUT2D eigenvalue weighted by atomic mass is 9.60. The second-order valence-electron chi connectivity index (χ2n) is 28.5. The fourth-order valence-electron chi connectivity index (χ4n) is 18.6. The van der Waals surface area contributed by atoms with Gasteiger partial charge in [0.15, 0.2) is 11.6 Å². The Morgan fingerprint density at radius 2 is 0.453 bits per heavy atom. The number of benzene rings is 15. The van der Waals surface area contributed by atoms with Crippen molar-refractivity contribution in [1.82, 2.24) is 19.9 Å². The molecule has 4 nitrogen and oxygen atoms in total. The molecule has 0 aliphatic heterocycles. The second-order valence-corrected chi connectivity index (χ2v) is 28.5. The molecule has 2 bridgehead atoms. The van der Waals surface area contributed by atoms with Crippen LogP contribution in [0.25, 0.3) is 112 Å². The van der Waals surface area contributed by atoms with Crippen LogP contribution in [0.5, 0.6) is 0 Å². The van der Waals surface area contributed by atoms with Gasteiger partial charge in [0.05, 0.1) is 33.6 Å². The summed E-state index contributed by atoms with van der Waals surface area (Å²) in [4.78, 5) is 21.6. The Balaban J connectivity index is 0.634. The number of aromatic nitrogens is 4. The highest BCUT2D eigenvalue weighted by molar-refractivity contribution is 5.98. The van der Waals surface area contributed by atoms with Crippen LogP contribution in [-0.2, 0) is 10.8 Å². The summed E-state index contributed by atoms with van der Waals surface area (Å²) in [5.41, 5.74) is 36.5. The summed E-state index contributed by atoms with van der Waals surface area (Å²) >= 11 is 0. The van der Waals surface area contributed by atoms with Gasteiger partial charge >= 0.3 is 0 Å². The molecule has 22 rings (SSSR count). The van der Waals surface area contributed by atoms with Crippen molar-refractivity contribution in [3.8, 4) is 112 Å². The molecular formula is C102H66N4. The van der Waals surface area contributed by atoms with Crippen LogP contribution in [0, 0.1) is 0 Å². The van der Waals surface area contributed by atoms with Gasteiger partial charge in [-0.2, -0.15) is 0 Å². The van der Waals surface area contributed by atoms with Gasteiger partial charge in [-0.25, -0.2) is 19.9 Å².